The molecule has 0 aliphatic heterocycles. The third kappa shape index (κ3) is 3.42. The molecule has 3 N–H and O–H groups in total. The molecule has 0 unspecified atom stereocenters. The Morgan fingerprint density at radius 1 is 1.37 bits per heavy atom. The van der Waals surface area contributed by atoms with Crippen molar-refractivity contribution in [3.05, 3.63) is 30.1 Å². The SMILES string of the molecule is O=C(COc1ccccc1F)N[C@@H]1CC[C@@H](O)[C@@H]1O. The fraction of sp³-hybridized carbons (Fsp3) is 0.462. The number of rotatable bonds is 4. The summed E-state index contributed by atoms with van der Waals surface area (Å²) >= 11 is 0. The number of para-hydroxylation sites is 1. The van der Waals surface area contributed by atoms with Gasteiger partial charge in [-0.1, -0.05) is 12.1 Å². The van der Waals surface area contributed by atoms with Gasteiger partial charge in [0.25, 0.3) is 5.91 Å². The summed E-state index contributed by atoms with van der Waals surface area (Å²) in [4.78, 5) is 11.6. The van der Waals surface area contributed by atoms with Crippen LogP contribution in [0.4, 0.5) is 4.39 Å². The summed E-state index contributed by atoms with van der Waals surface area (Å²) in [6, 6.07) is 5.32. The molecule has 0 radical (unpaired) electrons. The minimum Gasteiger partial charge on any atom is -0.481 e. The van der Waals surface area contributed by atoms with Gasteiger partial charge in [-0.15, -0.1) is 0 Å². The summed E-state index contributed by atoms with van der Waals surface area (Å²) in [7, 11) is 0. The molecule has 5 nitrogen and oxygen atoms in total. The van der Waals surface area contributed by atoms with E-state index >= 15 is 0 Å². The van der Waals surface area contributed by atoms with E-state index in [-0.39, 0.29) is 12.4 Å². The van der Waals surface area contributed by atoms with Crippen molar-refractivity contribution in [1.29, 1.82) is 0 Å². The molecule has 0 saturated heterocycles. The number of carbonyl (C=O) groups excluding carboxylic acids is 1. The summed E-state index contributed by atoms with van der Waals surface area (Å²) in [6.07, 6.45) is -0.816. The van der Waals surface area contributed by atoms with Crippen molar-refractivity contribution < 1.29 is 24.1 Å². The Morgan fingerprint density at radius 2 is 2.11 bits per heavy atom. The number of hydrogen-bond acceptors (Lipinski definition) is 4. The summed E-state index contributed by atoms with van der Waals surface area (Å²) in [6.45, 7) is -0.333. The van der Waals surface area contributed by atoms with Gasteiger partial charge in [-0.05, 0) is 25.0 Å². The van der Waals surface area contributed by atoms with Crippen LogP contribution in [0.2, 0.25) is 0 Å². The van der Waals surface area contributed by atoms with Crippen LogP contribution >= 0.6 is 0 Å². The fourth-order valence-corrected chi connectivity index (χ4v) is 2.07. The summed E-state index contributed by atoms with van der Waals surface area (Å²) < 4.78 is 18.3. The number of carbonyl (C=O) groups is 1. The van der Waals surface area contributed by atoms with Crippen molar-refractivity contribution in [2.24, 2.45) is 0 Å². The molecule has 0 aromatic heterocycles. The number of aliphatic hydroxyl groups is 2. The van der Waals surface area contributed by atoms with Crippen LogP contribution in [0.1, 0.15) is 12.8 Å². The van der Waals surface area contributed by atoms with E-state index in [0.717, 1.165) is 0 Å². The lowest BCUT2D eigenvalue weighted by molar-refractivity contribution is -0.124. The highest BCUT2D eigenvalue weighted by molar-refractivity contribution is 5.78. The van der Waals surface area contributed by atoms with Gasteiger partial charge in [0.1, 0.15) is 0 Å². The molecule has 0 spiro atoms. The van der Waals surface area contributed by atoms with Gasteiger partial charge in [-0.25, -0.2) is 4.39 Å². The highest BCUT2D eigenvalue weighted by Crippen LogP contribution is 2.20. The van der Waals surface area contributed by atoms with Crippen LogP contribution in [-0.4, -0.2) is 41.0 Å². The second kappa shape index (κ2) is 5.99. The van der Waals surface area contributed by atoms with Crippen molar-refractivity contribution in [2.45, 2.75) is 31.1 Å². The summed E-state index contributed by atoms with van der Waals surface area (Å²) in [5.74, 6) is -0.988. The van der Waals surface area contributed by atoms with Crippen LogP contribution in [-0.2, 0) is 4.79 Å². The molecule has 1 saturated carbocycles. The zero-order valence-corrected chi connectivity index (χ0v) is 10.3. The van der Waals surface area contributed by atoms with E-state index in [9.17, 15) is 19.4 Å². The van der Waals surface area contributed by atoms with Gasteiger partial charge in [0, 0.05) is 0 Å². The molecular formula is C13H16FNO4. The Labute approximate surface area is 110 Å². The highest BCUT2D eigenvalue weighted by Gasteiger charge is 2.34. The van der Waals surface area contributed by atoms with Crippen molar-refractivity contribution in [1.82, 2.24) is 5.32 Å². The quantitative estimate of drug-likeness (QED) is 0.730. The summed E-state index contributed by atoms with van der Waals surface area (Å²) in [5.41, 5.74) is 0. The van der Waals surface area contributed by atoms with Gasteiger partial charge in [0.05, 0.1) is 18.2 Å². The van der Waals surface area contributed by atoms with E-state index in [2.05, 4.69) is 5.32 Å². The van der Waals surface area contributed by atoms with Crippen LogP contribution in [0.15, 0.2) is 24.3 Å². The Kier molecular flexibility index (Phi) is 4.34. The molecule has 1 aliphatic rings. The zero-order chi connectivity index (χ0) is 13.8. The highest BCUT2D eigenvalue weighted by atomic mass is 19.1. The minimum absolute atomic E-state index is 0.00431. The third-order valence-electron chi connectivity index (χ3n) is 3.12. The second-order valence-corrected chi connectivity index (χ2v) is 4.53. The molecule has 6 heteroatoms. The lowest BCUT2D eigenvalue weighted by Gasteiger charge is -2.18. The molecule has 2 rings (SSSR count). The number of nitrogens with one attached hydrogen (secondary N) is 1. The molecule has 1 aliphatic carbocycles. The Bertz CT molecular complexity index is 454. The second-order valence-electron chi connectivity index (χ2n) is 4.53. The monoisotopic (exact) mass is 269 g/mol. The molecule has 1 fully saturated rings. The fourth-order valence-electron chi connectivity index (χ4n) is 2.07. The van der Waals surface area contributed by atoms with E-state index in [4.69, 9.17) is 4.74 Å². The molecule has 19 heavy (non-hydrogen) atoms. The number of ether oxygens (including phenoxy) is 1. The van der Waals surface area contributed by atoms with Gasteiger partial charge in [-0.2, -0.15) is 0 Å². The molecular weight excluding hydrogens is 253 g/mol. The van der Waals surface area contributed by atoms with Gasteiger partial charge in [0.2, 0.25) is 0 Å². The first kappa shape index (κ1) is 13.8. The average Bonchev–Trinajstić information content (AvgIpc) is 2.70. The van der Waals surface area contributed by atoms with Crippen molar-refractivity contribution in [3.63, 3.8) is 0 Å². The first-order chi connectivity index (χ1) is 9.08. The number of amides is 1. The predicted octanol–water partition coefficient (Wildman–Crippen LogP) is 0.205. The van der Waals surface area contributed by atoms with E-state index in [0.29, 0.717) is 12.8 Å². The van der Waals surface area contributed by atoms with Gasteiger partial charge in [0.15, 0.2) is 18.2 Å². The number of aliphatic hydroxyl groups excluding tert-OH is 2. The van der Waals surface area contributed by atoms with E-state index < -0.39 is 30.0 Å². The maximum Gasteiger partial charge on any atom is 0.258 e. The lowest BCUT2D eigenvalue weighted by atomic mass is 10.2. The number of benzene rings is 1. The topological polar surface area (TPSA) is 78.8 Å². The molecule has 3 atom stereocenters. The van der Waals surface area contributed by atoms with Crippen LogP contribution < -0.4 is 10.1 Å². The normalized spacial score (nSPS) is 26.2. The smallest absolute Gasteiger partial charge is 0.258 e. The Morgan fingerprint density at radius 3 is 2.74 bits per heavy atom. The van der Waals surface area contributed by atoms with Crippen LogP contribution in [0.5, 0.6) is 5.75 Å². The number of hydrogen-bond donors (Lipinski definition) is 3. The average molecular weight is 269 g/mol. The van der Waals surface area contributed by atoms with Gasteiger partial charge < -0.3 is 20.3 Å². The molecule has 0 heterocycles. The standard InChI is InChI=1S/C13H16FNO4/c14-8-3-1-2-4-11(8)19-7-12(17)15-9-5-6-10(16)13(9)18/h1-4,9-10,13,16,18H,5-7H2,(H,15,17)/t9-,10-,13-/m1/s1. The van der Waals surface area contributed by atoms with E-state index in [1.807, 2.05) is 0 Å². The van der Waals surface area contributed by atoms with Crippen molar-refractivity contribution in [3.8, 4) is 5.75 Å². The van der Waals surface area contributed by atoms with Gasteiger partial charge in [-0.3, -0.25) is 4.79 Å². The maximum atomic E-state index is 13.2. The molecule has 1 aromatic carbocycles. The van der Waals surface area contributed by atoms with Crippen molar-refractivity contribution in [2.75, 3.05) is 6.61 Å². The molecule has 104 valence electrons. The Hall–Kier alpha value is -1.66. The molecule has 1 aromatic rings. The largest absolute Gasteiger partial charge is 0.481 e. The van der Waals surface area contributed by atoms with E-state index in [1.165, 1.54) is 18.2 Å². The third-order valence-corrected chi connectivity index (χ3v) is 3.12. The first-order valence-electron chi connectivity index (χ1n) is 6.11. The van der Waals surface area contributed by atoms with E-state index in [1.54, 1.807) is 6.07 Å². The predicted molar refractivity (Wildman–Crippen MR) is 65.1 cm³/mol. The Balaban J connectivity index is 1.81. The zero-order valence-electron chi connectivity index (χ0n) is 10.3. The summed E-state index contributed by atoms with van der Waals surface area (Å²) in [5, 5.41) is 21.5. The lowest BCUT2D eigenvalue weighted by Crippen LogP contribution is -2.44. The maximum absolute atomic E-state index is 13.2. The number of halogens is 1. The van der Waals surface area contributed by atoms with Crippen LogP contribution in [0.3, 0.4) is 0 Å². The first-order valence-corrected chi connectivity index (χ1v) is 6.11. The van der Waals surface area contributed by atoms with Crippen LogP contribution in [0.25, 0.3) is 0 Å². The van der Waals surface area contributed by atoms with Crippen LogP contribution in [0, 0.1) is 5.82 Å². The molecule has 0 bridgehead atoms. The molecule has 1 amide bonds. The van der Waals surface area contributed by atoms with Crippen molar-refractivity contribution >= 4 is 5.91 Å². The minimum atomic E-state index is -0.961. The van der Waals surface area contributed by atoms with Gasteiger partial charge >= 0.3 is 0 Å².